The summed E-state index contributed by atoms with van der Waals surface area (Å²) in [6.45, 7) is 15.4. The molecule has 0 saturated carbocycles. The number of ether oxygens (including phenoxy) is 4. The van der Waals surface area contributed by atoms with Crippen molar-refractivity contribution in [2.75, 3.05) is 33.0 Å². The number of unbranched alkanes of at least 4 members (excludes halogenated alkanes) is 3. The smallest absolute Gasteiger partial charge is 0.333 e. The zero-order valence-corrected chi connectivity index (χ0v) is 25.9. The second-order valence-electron chi connectivity index (χ2n) is 10.5. The van der Waals surface area contributed by atoms with Gasteiger partial charge in [0.15, 0.2) is 0 Å². The molecule has 0 radical (unpaired) electrons. The molecule has 0 unspecified atom stereocenters. The molecule has 0 atom stereocenters. The van der Waals surface area contributed by atoms with Gasteiger partial charge in [0.05, 0.1) is 0 Å². The fraction of sp³-hybridized carbons (Fsp3) is 0.486. The zero-order valence-electron chi connectivity index (χ0n) is 25.9. The van der Waals surface area contributed by atoms with Gasteiger partial charge in [0, 0.05) is 23.3 Å². The van der Waals surface area contributed by atoms with Crippen molar-refractivity contribution >= 4 is 11.9 Å². The van der Waals surface area contributed by atoms with Gasteiger partial charge in [-0.25, -0.2) is 9.59 Å². The standard InChI is InChI=1S/C35H48O7/c1-7-9-10-13-27-15-16-30(28(8-2)22-27)31-24-32(39-18-20-41-34(37)25(3)4)29(14-11-12-17-36)23-33(31)40-19-21-42-35(38)26(5)6/h15-16,22-24,36H,3,5,7-14,17-21H2,1-2,4,6H3. The lowest BCUT2D eigenvalue weighted by Crippen LogP contribution is -2.14. The van der Waals surface area contributed by atoms with Crippen LogP contribution in [0.1, 0.15) is 76.5 Å². The number of aliphatic hydroxyl groups is 1. The van der Waals surface area contributed by atoms with Crippen LogP contribution in [0.3, 0.4) is 0 Å². The summed E-state index contributed by atoms with van der Waals surface area (Å²) in [6.07, 6.45) is 7.52. The van der Waals surface area contributed by atoms with Crippen molar-refractivity contribution in [2.45, 2.75) is 79.1 Å². The Morgan fingerprint density at radius 1 is 0.714 bits per heavy atom. The topological polar surface area (TPSA) is 91.3 Å². The minimum absolute atomic E-state index is 0.0916. The first-order valence-electron chi connectivity index (χ1n) is 15.0. The van der Waals surface area contributed by atoms with Crippen molar-refractivity contribution in [3.63, 3.8) is 0 Å². The summed E-state index contributed by atoms with van der Waals surface area (Å²) >= 11 is 0. The van der Waals surface area contributed by atoms with Crippen molar-refractivity contribution in [3.8, 4) is 22.6 Å². The first-order valence-corrected chi connectivity index (χ1v) is 15.0. The van der Waals surface area contributed by atoms with E-state index in [0.717, 1.165) is 42.4 Å². The molecular weight excluding hydrogens is 532 g/mol. The van der Waals surface area contributed by atoms with E-state index in [1.54, 1.807) is 13.8 Å². The number of carbonyl (C=O) groups is 2. The lowest BCUT2D eigenvalue weighted by molar-refractivity contribution is -0.140. The van der Waals surface area contributed by atoms with Gasteiger partial charge in [-0.05, 0) is 86.8 Å². The molecule has 0 spiro atoms. The fourth-order valence-electron chi connectivity index (χ4n) is 4.44. The third-order valence-electron chi connectivity index (χ3n) is 6.77. The average Bonchev–Trinajstić information content (AvgIpc) is 2.97. The maximum atomic E-state index is 11.9. The molecule has 7 nitrogen and oxygen atoms in total. The predicted molar refractivity (Wildman–Crippen MR) is 167 cm³/mol. The van der Waals surface area contributed by atoms with Crippen LogP contribution in [0.15, 0.2) is 54.6 Å². The van der Waals surface area contributed by atoms with Crippen molar-refractivity contribution in [1.82, 2.24) is 0 Å². The lowest BCUT2D eigenvalue weighted by Gasteiger charge is -2.20. The van der Waals surface area contributed by atoms with Crippen LogP contribution < -0.4 is 9.47 Å². The molecule has 0 aliphatic heterocycles. The van der Waals surface area contributed by atoms with Crippen LogP contribution in [0, 0.1) is 0 Å². The van der Waals surface area contributed by atoms with Gasteiger partial charge in [0.1, 0.15) is 37.9 Å². The van der Waals surface area contributed by atoms with E-state index in [-0.39, 0.29) is 33.0 Å². The molecule has 1 N–H and O–H groups in total. The van der Waals surface area contributed by atoms with Crippen LogP contribution in [0.25, 0.3) is 11.1 Å². The molecule has 2 aromatic carbocycles. The number of benzene rings is 2. The van der Waals surface area contributed by atoms with E-state index >= 15 is 0 Å². The molecule has 0 aliphatic rings. The van der Waals surface area contributed by atoms with Crippen molar-refractivity contribution in [3.05, 3.63) is 71.3 Å². The maximum absolute atomic E-state index is 11.9. The minimum atomic E-state index is -0.454. The number of carbonyl (C=O) groups excluding carboxylic acids is 2. The average molecular weight is 581 g/mol. The summed E-state index contributed by atoms with van der Waals surface area (Å²) in [5, 5.41) is 9.35. The molecule has 42 heavy (non-hydrogen) atoms. The number of esters is 2. The predicted octanol–water partition coefficient (Wildman–Crippen LogP) is 6.96. The minimum Gasteiger partial charge on any atom is -0.490 e. The number of aliphatic hydroxyl groups excluding tert-OH is 1. The Balaban J connectivity index is 2.45. The van der Waals surface area contributed by atoms with E-state index in [2.05, 4.69) is 45.2 Å². The van der Waals surface area contributed by atoms with Gasteiger partial charge >= 0.3 is 11.9 Å². The van der Waals surface area contributed by atoms with E-state index in [1.165, 1.54) is 24.0 Å². The molecule has 0 amide bonds. The summed E-state index contributed by atoms with van der Waals surface area (Å²) in [7, 11) is 0. The van der Waals surface area contributed by atoms with Gasteiger partial charge in [-0.15, -0.1) is 0 Å². The molecule has 0 aromatic heterocycles. The summed E-state index contributed by atoms with van der Waals surface area (Å²) in [5.41, 5.74) is 6.03. The Morgan fingerprint density at radius 3 is 1.90 bits per heavy atom. The largest absolute Gasteiger partial charge is 0.490 e. The zero-order chi connectivity index (χ0) is 30.9. The van der Waals surface area contributed by atoms with Gasteiger partial charge in [-0.2, -0.15) is 0 Å². The highest BCUT2D eigenvalue weighted by Crippen LogP contribution is 2.39. The van der Waals surface area contributed by atoms with Crippen LogP contribution in [-0.2, 0) is 38.3 Å². The monoisotopic (exact) mass is 580 g/mol. The first kappa shape index (κ1) is 34.6. The maximum Gasteiger partial charge on any atom is 0.333 e. The summed E-state index contributed by atoms with van der Waals surface area (Å²) in [4.78, 5) is 23.7. The van der Waals surface area contributed by atoms with Crippen LogP contribution in [0.2, 0.25) is 0 Å². The van der Waals surface area contributed by atoms with E-state index in [1.807, 2.05) is 12.1 Å². The summed E-state index contributed by atoms with van der Waals surface area (Å²) < 4.78 is 22.9. The van der Waals surface area contributed by atoms with E-state index < -0.39 is 11.9 Å². The number of hydrogen-bond donors (Lipinski definition) is 1. The second-order valence-corrected chi connectivity index (χ2v) is 10.5. The Labute approximate surface area is 251 Å². The van der Waals surface area contributed by atoms with Crippen LogP contribution in [0.5, 0.6) is 11.5 Å². The number of aryl methyl sites for hydroxylation is 3. The quantitative estimate of drug-likeness (QED) is 0.103. The van der Waals surface area contributed by atoms with Gasteiger partial charge < -0.3 is 24.1 Å². The van der Waals surface area contributed by atoms with Gasteiger partial charge in [0.25, 0.3) is 0 Å². The van der Waals surface area contributed by atoms with E-state index in [9.17, 15) is 14.7 Å². The molecule has 0 fully saturated rings. The highest BCUT2D eigenvalue weighted by atomic mass is 16.6. The third kappa shape index (κ3) is 11.4. The Kier molecular flexibility index (Phi) is 15.5. The van der Waals surface area contributed by atoms with Gasteiger partial charge in [0.2, 0.25) is 0 Å². The Hall–Kier alpha value is -3.58. The van der Waals surface area contributed by atoms with Crippen molar-refractivity contribution in [2.24, 2.45) is 0 Å². The SMILES string of the molecule is C=C(C)C(=O)OCCOc1cc(-c2ccc(CCCCC)cc2CC)c(OCCOC(=O)C(=C)C)cc1CCCCO. The van der Waals surface area contributed by atoms with Crippen molar-refractivity contribution in [1.29, 1.82) is 0 Å². The van der Waals surface area contributed by atoms with E-state index in [0.29, 0.717) is 35.5 Å². The second kappa shape index (κ2) is 18.8. The van der Waals surface area contributed by atoms with E-state index in [4.69, 9.17) is 18.9 Å². The molecule has 0 saturated heterocycles. The molecule has 0 bridgehead atoms. The molecule has 2 rings (SSSR count). The fourth-order valence-corrected chi connectivity index (χ4v) is 4.44. The molecule has 0 aliphatic carbocycles. The van der Waals surface area contributed by atoms with Crippen LogP contribution >= 0.6 is 0 Å². The third-order valence-corrected chi connectivity index (χ3v) is 6.77. The molecule has 7 heteroatoms. The van der Waals surface area contributed by atoms with Gasteiger partial charge in [-0.3, -0.25) is 0 Å². The summed E-state index contributed by atoms with van der Waals surface area (Å²) in [6, 6.07) is 10.5. The normalized spacial score (nSPS) is 10.7. The first-order chi connectivity index (χ1) is 20.2. The van der Waals surface area contributed by atoms with Crippen LogP contribution in [0.4, 0.5) is 0 Å². The van der Waals surface area contributed by atoms with Crippen molar-refractivity contribution < 1.29 is 33.6 Å². The lowest BCUT2D eigenvalue weighted by atomic mass is 9.92. The molecular formula is C35H48O7. The Bertz CT molecular complexity index is 1200. The molecule has 2 aromatic rings. The highest BCUT2D eigenvalue weighted by Gasteiger charge is 2.17. The highest BCUT2D eigenvalue weighted by molar-refractivity contribution is 5.87. The Morgan fingerprint density at radius 2 is 1.33 bits per heavy atom. The molecule has 0 heterocycles. The summed E-state index contributed by atoms with van der Waals surface area (Å²) in [5.74, 6) is 0.427. The van der Waals surface area contributed by atoms with Gasteiger partial charge in [-0.1, -0.05) is 58.0 Å². The number of hydrogen-bond acceptors (Lipinski definition) is 7. The van der Waals surface area contributed by atoms with Crippen LogP contribution in [-0.4, -0.2) is 50.1 Å². The molecule has 230 valence electrons. The number of rotatable bonds is 20.